The predicted octanol–water partition coefficient (Wildman–Crippen LogP) is 28.6. The Labute approximate surface area is 632 Å². The van der Waals surface area contributed by atoms with Crippen LogP contribution in [0.2, 0.25) is 0 Å². The third-order valence-electron chi connectivity index (χ3n) is 23.4. The number of para-hydroxylation sites is 8. The van der Waals surface area contributed by atoms with Crippen molar-refractivity contribution in [3.63, 3.8) is 0 Å². The highest BCUT2D eigenvalue weighted by Crippen LogP contribution is 2.52. The molecule has 0 fully saturated rings. The van der Waals surface area contributed by atoms with Gasteiger partial charge in [-0.25, -0.2) is 0 Å². The van der Waals surface area contributed by atoms with Crippen LogP contribution >= 0.6 is 0 Å². The van der Waals surface area contributed by atoms with E-state index in [1.807, 2.05) is 18.2 Å². The van der Waals surface area contributed by atoms with Crippen LogP contribution < -0.4 is 0 Å². The first kappa shape index (κ1) is 61.8. The molecule has 0 N–H and O–H groups in total. The van der Waals surface area contributed by atoms with Crippen molar-refractivity contribution in [3.05, 3.63) is 405 Å². The maximum Gasteiger partial charge on any atom is 0.143 e. The van der Waals surface area contributed by atoms with Gasteiger partial charge in [-0.15, -0.1) is 0 Å². The van der Waals surface area contributed by atoms with Crippen LogP contribution in [0.25, 0.3) is 204 Å². The number of aromatic nitrogens is 3. The first-order chi connectivity index (χ1) is 54.6. The number of furan rings is 2. The summed E-state index contributed by atoms with van der Waals surface area (Å²) >= 11 is 0. The Morgan fingerprint density at radius 2 is 0.627 bits per heavy atom. The van der Waals surface area contributed by atoms with Crippen molar-refractivity contribution in [1.29, 1.82) is 0 Å². The lowest BCUT2D eigenvalue weighted by Crippen LogP contribution is -2.01. The zero-order valence-electron chi connectivity index (χ0n) is 59.7. The van der Waals surface area contributed by atoms with Gasteiger partial charge in [0.2, 0.25) is 0 Å². The summed E-state index contributed by atoms with van der Waals surface area (Å²) in [7, 11) is 0. The van der Waals surface area contributed by atoms with E-state index in [9.17, 15) is 0 Å². The molecule has 24 rings (SSSR count). The van der Waals surface area contributed by atoms with E-state index in [0.717, 1.165) is 61.0 Å². The van der Waals surface area contributed by atoms with E-state index in [-0.39, 0.29) is 5.92 Å². The van der Waals surface area contributed by atoms with Crippen LogP contribution in [0.4, 0.5) is 0 Å². The van der Waals surface area contributed by atoms with Gasteiger partial charge in [-0.3, -0.25) is 0 Å². The van der Waals surface area contributed by atoms with Crippen molar-refractivity contribution in [1.82, 2.24) is 13.7 Å². The lowest BCUT2D eigenvalue weighted by atomic mass is 9.84. The Morgan fingerprint density at radius 3 is 1.30 bits per heavy atom. The Hall–Kier alpha value is -14.5. The fraction of sp³-hybridized carbons (Fsp3) is 0.00952. The molecular formula is C105H65N3O2. The van der Waals surface area contributed by atoms with Crippen molar-refractivity contribution in [2.24, 2.45) is 0 Å². The van der Waals surface area contributed by atoms with Crippen LogP contribution in [0.3, 0.4) is 0 Å². The van der Waals surface area contributed by atoms with E-state index in [0.29, 0.717) is 0 Å². The summed E-state index contributed by atoms with van der Waals surface area (Å²) in [6.07, 6.45) is 0. The van der Waals surface area contributed by atoms with Gasteiger partial charge >= 0.3 is 0 Å². The van der Waals surface area contributed by atoms with Crippen LogP contribution in [-0.2, 0) is 0 Å². The SMILES string of the molecule is c1ccc(-n2c3ccccc3c3ccc(-c4ccc5c(c4)C(c4cccc6c(-c7cccc8oc9ccccc9c78)cccc46)c4ccccc4-5)cc32)cc1.c1ccc(-n2c3ccccc3c3ccc(-c4ccc5c6ccccc6n(-c6cccc7cc(-c8cccc9c8oc8ccccc89)ccc67)c5c4)cc32)cc1. The molecule has 5 aromatic heterocycles. The highest BCUT2D eigenvalue weighted by atomic mass is 16.3. The monoisotopic (exact) mass is 1400 g/mol. The molecule has 0 radical (unpaired) electrons. The molecule has 1 aliphatic rings. The average Bonchev–Trinajstić information content (AvgIpc) is 1.55. The summed E-state index contributed by atoms with van der Waals surface area (Å²) in [5.41, 5.74) is 30.5. The number of hydrogen-bond donors (Lipinski definition) is 0. The zero-order chi connectivity index (χ0) is 72.1. The van der Waals surface area contributed by atoms with E-state index >= 15 is 0 Å². The Bertz CT molecular complexity index is 7730. The fourth-order valence-electron chi connectivity index (χ4n) is 18.6. The summed E-state index contributed by atoms with van der Waals surface area (Å²) in [5, 5.41) is 17.0. The van der Waals surface area contributed by atoms with E-state index < -0.39 is 0 Å². The number of benzene rings is 18. The summed E-state index contributed by atoms with van der Waals surface area (Å²) < 4.78 is 20.0. The molecule has 5 heteroatoms. The maximum atomic E-state index is 6.44. The lowest BCUT2D eigenvalue weighted by Gasteiger charge is -2.19. The van der Waals surface area contributed by atoms with Gasteiger partial charge in [-0.2, -0.15) is 0 Å². The van der Waals surface area contributed by atoms with Crippen LogP contribution in [0.5, 0.6) is 0 Å². The van der Waals surface area contributed by atoms with Gasteiger partial charge in [-0.05, 0) is 180 Å². The first-order valence-electron chi connectivity index (χ1n) is 37.9. The molecule has 5 heterocycles. The van der Waals surface area contributed by atoms with Gasteiger partial charge in [0.15, 0.2) is 0 Å². The van der Waals surface area contributed by atoms with Crippen LogP contribution in [0.1, 0.15) is 22.6 Å². The first-order valence-corrected chi connectivity index (χ1v) is 37.9. The Kier molecular flexibility index (Phi) is 13.8. The summed E-state index contributed by atoms with van der Waals surface area (Å²) in [4.78, 5) is 0. The van der Waals surface area contributed by atoms with Crippen molar-refractivity contribution in [2.75, 3.05) is 0 Å². The second-order valence-electron chi connectivity index (χ2n) is 29.3. The highest BCUT2D eigenvalue weighted by molar-refractivity contribution is 6.18. The molecule has 0 aliphatic heterocycles. The van der Waals surface area contributed by atoms with Gasteiger partial charge in [0.25, 0.3) is 0 Å². The molecular weight excluding hydrogens is 1340 g/mol. The lowest BCUT2D eigenvalue weighted by molar-refractivity contribution is 0.669. The maximum absolute atomic E-state index is 6.44. The van der Waals surface area contributed by atoms with E-state index in [1.165, 1.54) is 159 Å². The van der Waals surface area contributed by atoms with E-state index in [2.05, 4.69) is 384 Å². The summed E-state index contributed by atoms with van der Waals surface area (Å²) in [6.45, 7) is 0. The normalized spacial score (nSPS) is 12.8. The van der Waals surface area contributed by atoms with Gasteiger partial charge in [-0.1, -0.05) is 291 Å². The third-order valence-corrected chi connectivity index (χ3v) is 23.4. The van der Waals surface area contributed by atoms with Gasteiger partial charge in [0.1, 0.15) is 22.3 Å². The van der Waals surface area contributed by atoms with E-state index in [4.69, 9.17) is 8.83 Å². The largest absolute Gasteiger partial charge is 0.456 e. The number of hydrogen-bond acceptors (Lipinski definition) is 2. The summed E-state index contributed by atoms with van der Waals surface area (Å²) in [5.74, 6) is 0.0927. The minimum absolute atomic E-state index is 0.0927. The molecule has 1 atom stereocenters. The molecule has 0 spiro atoms. The molecule has 0 bridgehead atoms. The minimum Gasteiger partial charge on any atom is -0.456 e. The van der Waals surface area contributed by atoms with Crippen LogP contribution in [-0.4, -0.2) is 13.7 Å². The molecule has 0 amide bonds. The topological polar surface area (TPSA) is 41.1 Å². The Balaban J connectivity index is 0.000000132. The predicted molar refractivity (Wildman–Crippen MR) is 460 cm³/mol. The highest BCUT2D eigenvalue weighted by Gasteiger charge is 2.32. The molecule has 5 nitrogen and oxygen atoms in total. The van der Waals surface area contributed by atoms with Gasteiger partial charge in [0.05, 0.1) is 38.8 Å². The molecule has 0 saturated carbocycles. The zero-order valence-corrected chi connectivity index (χ0v) is 59.7. The van der Waals surface area contributed by atoms with Gasteiger partial charge in [0, 0.05) is 82.1 Å². The summed E-state index contributed by atoms with van der Waals surface area (Å²) in [6, 6.07) is 141. The van der Waals surface area contributed by atoms with E-state index in [1.54, 1.807) is 0 Å². The molecule has 1 unspecified atom stereocenters. The van der Waals surface area contributed by atoms with Crippen LogP contribution in [0, 0.1) is 0 Å². The standard InChI is InChI=1S/C53H33NO.C52H32N2O/c1-2-13-35(14-3-1)54-48-24-8-6-16-41(48)42-30-28-34(32-49(42)54)33-27-29-40-37-15-4-5-17-43(37)52(47(40)31-33)44-22-11-19-36-38(44)20-10-21-39(36)45-23-12-26-51-53(45)46-18-7-9-25-50(46)55-51;1-2-13-37(14-3-1)53-47-20-7-4-15-40(47)42-28-24-33(31-49(42)53)34-25-29-43-41-16-5-8-21-48(41)54(50(43)32-34)46-22-10-12-35-30-36(26-27-38(35)46)39-18-11-19-45-44-17-6-9-23-51(44)55-52(39)45/h1-32,52H;1-32H. The minimum atomic E-state index is 0.0927. The third kappa shape index (κ3) is 9.48. The molecule has 23 aromatic rings. The number of fused-ring (bicyclic) bond motifs is 20. The van der Waals surface area contributed by atoms with Gasteiger partial charge < -0.3 is 22.5 Å². The average molecular weight is 1400 g/mol. The molecule has 110 heavy (non-hydrogen) atoms. The second-order valence-corrected chi connectivity index (χ2v) is 29.3. The van der Waals surface area contributed by atoms with Crippen molar-refractivity contribution < 1.29 is 8.83 Å². The molecule has 512 valence electrons. The van der Waals surface area contributed by atoms with Crippen molar-refractivity contribution in [3.8, 4) is 72.7 Å². The molecule has 18 aromatic carbocycles. The van der Waals surface area contributed by atoms with Crippen LogP contribution in [0.15, 0.2) is 397 Å². The molecule has 0 saturated heterocycles. The Morgan fingerprint density at radius 1 is 0.200 bits per heavy atom. The number of rotatable bonds is 8. The fourth-order valence-corrected chi connectivity index (χ4v) is 18.6. The molecule has 1 aliphatic carbocycles. The number of nitrogens with zero attached hydrogens (tertiary/aromatic N) is 3. The second kappa shape index (κ2) is 24.5. The van der Waals surface area contributed by atoms with Crippen molar-refractivity contribution >= 4 is 131 Å². The van der Waals surface area contributed by atoms with Crippen molar-refractivity contribution in [2.45, 2.75) is 5.92 Å². The smallest absolute Gasteiger partial charge is 0.143 e. The quantitative estimate of drug-likeness (QED) is 0.152.